The summed E-state index contributed by atoms with van der Waals surface area (Å²) in [5.41, 5.74) is 1.23. The van der Waals surface area contributed by atoms with Crippen LogP contribution in [0.1, 0.15) is 66.2 Å². The van der Waals surface area contributed by atoms with Crippen molar-refractivity contribution in [3.05, 3.63) is 12.2 Å². The molecule has 18 heavy (non-hydrogen) atoms. The second kappa shape index (κ2) is 6.21. The van der Waals surface area contributed by atoms with Crippen LogP contribution in [0.2, 0.25) is 0 Å². The third-order valence-corrected chi connectivity index (χ3v) is 4.33. The predicted molar refractivity (Wildman–Crippen MR) is 76.7 cm³/mol. The van der Waals surface area contributed by atoms with Crippen LogP contribution in [0.5, 0.6) is 0 Å². The fraction of sp³-hybridized carbons (Fsp3) is 0.875. The van der Waals surface area contributed by atoms with E-state index in [4.69, 9.17) is 4.74 Å². The van der Waals surface area contributed by atoms with Gasteiger partial charge in [-0.05, 0) is 57.8 Å². The topological polar surface area (TPSA) is 29.5 Å². The number of allylic oxidation sites excluding steroid dienone is 1. The van der Waals surface area contributed by atoms with E-state index >= 15 is 0 Å². The Hall–Kier alpha value is -0.340. The lowest BCUT2D eigenvalue weighted by molar-refractivity contribution is -0.152. The molecule has 1 atom stereocenters. The SMILES string of the molecule is C=C(C)CCC(O)C1(OCC)CCC(C)(C)CC1. The van der Waals surface area contributed by atoms with E-state index in [1.165, 1.54) is 0 Å². The molecular weight excluding hydrogens is 224 g/mol. The molecule has 1 aliphatic rings. The first kappa shape index (κ1) is 15.7. The van der Waals surface area contributed by atoms with E-state index < -0.39 is 0 Å². The quantitative estimate of drug-likeness (QED) is 0.724. The van der Waals surface area contributed by atoms with Crippen LogP contribution in [0.25, 0.3) is 0 Å². The van der Waals surface area contributed by atoms with Gasteiger partial charge in [-0.2, -0.15) is 0 Å². The van der Waals surface area contributed by atoms with Crippen molar-refractivity contribution in [2.24, 2.45) is 5.41 Å². The van der Waals surface area contributed by atoms with Gasteiger partial charge >= 0.3 is 0 Å². The molecule has 2 nitrogen and oxygen atoms in total. The molecule has 1 unspecified atom stereocenters. The van der Waals surface area contributed by atoms with Crippen LogP contribution < -0.4 is 0 Å². The molecule has 1 fully saturated rings. The Labute approximate surface area is 112 Å². The lowest BCUT2D eigenvalue weighted by Crippen LogP contribution is -2.49. The first-order valence-corrected chi connectivity index (χ1v) is 7.28. The molecule has 1 rings (SSSR count). The van der Waals surface area contributed by atoms with Crippen molar-refractivity contribution in [3.8, 4) is 0 Å². The second-order valence-electron chi connectivity index (χ2n) is 6.67. The van der Waals surface area contributed by atoms with Crippen molar-refractivity contribution in [2.75, 3.05) is 6.61 Å². The van der Waals surface area contributed by atoms with E-state index in [2.05, 4.69) is 20.4 Å². The maximum absolute atomic E-state index is 10.5. The van der Waals surface area contributed by atoms with Crippen LogP contribution in [-0.4, -0.2) is 23.4 Å². The van der Waals surface area contributed by atoms with Gasteiger partial charge in [0, 0.05) is 6.61 Å². The van der Waals surface area contributed by atoms with Crippen LogP contribution in [0.15, 0.2) is 12.2 Å². The highest BCUT2D eigenvalue weighted by molar-refractivity contribution is 4.98. The maximum Gasteiger partial charge on any atom is 0.0940 e. The highest BCUT2D eigenvalue weighted by Gasteiger charge is 2.43. The Balaban J connectivity index is 2.66. The number of aliphatic hydroxyl groups is 1. The molecule has 106 valence electrons. The average molecular weight is 254 g/mol. The van der Waals surface area contributed by atoms with Crippen LogP contribution >= 0.6 is 0 Å². The smallest absolute Gasteiger partial charge is 0.0940 e. The summed E-state index contributed by atoms with van der Waals surface area (Å²) in [5, 5.41) is 10.5. The van der Waals surface area contributed by atoms with Gasteiger partial charge in [-0.1, -0.05) is 19.4 Å². The minimum atomic E-state index is -0.356. The van der Waals surface area contributed by atoms with E-state index in [1.807, 2.05) is 13.8 Å². The summed E-state index contributed by atoms with van der Waals surface area (Å²) in [6, 6.07) is 0. The normalized spacial score (nSPS) is 23.6. The van der Waals surface area contributed by atoms with E-state index in [9.17, 15) is 5.11 Å². The van der Waals surface area contributed by atoms with Crippen molar-refractivity contribution >= 4 is 0 Å². The van der Waals surface area contributed by atoms with Gasteiger partial charge in [0.05, 0.1) is 11.7 Å². The Morgan fingerprint density at radius 3 is 2.28 bits per heavy atom. The Bertz CT molecular complexity index is 271. The standard InChI is InChI=1S/C16H30O2/c1-6-18-16(14(17)8-7-13(2)3)11-9-15(4,5)10-12-16/h14,17H,2,6-12H2,1,3-5H3. The molecule has 0 aromatic rings. The summed E-state index contributed by atoms with van der Waals surface area (Å²) in [6.45, 7) is 13.3. The van der Waals surface area contributed by atoms with Gasteiger partial charge in [-0.25, -0.2) is 0 Å². The fourth-order valence-electron chi connectivity index (χ4n) is 2.86. The van der Waals surface area contributed by atoms with Crippen molar-refractivity contribution < 1.29 is 9.84 Å². The molecule has 0 bridgehead atoms. The zero-order chi connectivity index (χ0) is 13.8. The van der Waals surface area contributed by atoms with Crippen LogP contribution in [0.4, 0.5) is 0 Å². The van der Waals surface area contributed by atoms with Gasteiger partial charge in [0.1, 0.15) is 0 Å². The minimum Gasteiger partial charge on any atom is -0.390 e. The number of hydrogen-bond donors (Lipinski definition) is 1. The van der Waals surface area contributed by atoms with Crippen LogP contribution in [0, 0.1) is 5.41 Å². The van der Waals surface area contributed by atoms with Crippen LogP contribution in [0.3, 0.4) is 0 Å². The first-order valence-electron chi connectivity index (χ1n) is 7.28. The zero-order valence-electron chi connectivity index (χ0n) is 12.6. The highest BCUT2D eigenvalue weighted by atomic mass is 16.5. The van der Waals surface area contributed by atoms with E-state index in [0.717, 1.165) is 44.1 Å². The predicted octanol–water partition coefficient (Wildman–Crippen LogP) is 4.08. The average Bonchev–Trinajstić information content (AvgIpc) is 2.29. The summed E-state index contributed by atoms with van der Waals surface area (Å²) in [7, 11) is 0. The molecule has 1 N–H and O–H groups in total. The molecule has 0 amide bonds. The van der Waals surface area contributed by atoms with E-state index in [-0.39, 0.29) is 11.7 Å². The minimum absolute atomic E-state index is 0.306. The third kappa shape index (κ3) is 4.10. The molecule has 0 aliphatic heterocycles. The largest absolute Gasteiger partial charge is 0.390 e. The summed E-state index contributed by atoms with van der Waals surface area (Å²) >= 11 is 0. The molecule has 0 spiro atoms. The first-order chi connectivity index (χ1) is 8.31. The molecular formula is C16H30O2. The van der Waals surface area contributed by atoms with Gasteiger partial charge in [0.15, 0.2) is 0 Å². The highest BCUT2D eigenvalue weighted by Crippen LogP contribution is 2.44. The molecule has 0 saturated heterocycles. The molecule has 0 heterocycles. The Morgan fingerprint density at radius 1 is 1.28 bits per heavy atom. The van der Waals surface area contributed by atoms with Crippen molar-refractivity contribution in [1.29, 1.82) is 0 Å². The lowest BCUT2D eigenvalue weighted by atomic mass is 9.68. The molecule has 0 aromatic heterocycles. The van der Waals surface area contributed by atoms with Crippen molar-refractivity contribution in [2.45, 2.75) is 77.9 Å². The molecule has 0 radical (unpaired) electrons. The summed E-state index contributed by atoms with van der Waals surface area (Å²) < 4.78 is 5.98. The number of rotatable bonds is 6. The second-order valence-corrected chi connectivity index (χ2v) is 6.67. The molecule has 1 saturated carbocycles. The molecule has 2 heteroatoms. The monoisotopic (exact) mass is 254 g/mol. The third-order valence-electron chi connectivity index (χ3n) is 4.33. The Kier molecular flexibility index (Phi) is 5.42. The summed E-state index contributed by atoms with van der Waals surface area (Å²) in [4.78, 5) is 0. The number of aliphatic hydroxyl groups excluding tert-OH is 1. The molecule has 0 aromatic carbocycles. The number of ether oxygens (including phenoxy) is 1. The Morgan fingerprint density at radius 2 is 1.83 bits per heavy atom. The van der Waals surface area contributed by atoms with Gasteiger partial charge in [0.25, 0.3) is 0 Å². The lowest BCUT2D eigenvalue weighted by Gasteiger charge is -2.46. The van der Waals surface area contributed by atoms with Crippen LogP contribution in [-0.2, 0) is 4.74 Å². The molecule has 1 aliphatic carbocycles. The zero-order valence-corrected chi connectivity index (χ0v) is 12.6. The van der Waals surface area contributed by atoms with Gasteiger partial charge in [-0.3, -0.25) is 0 Å². The van der Waals surface area contributed by atoms with Gasteiger partial charge in [-0.15, -0.1) is 6.58 Å². The van der Waals surface area contributed by atoms with Gasteiger partial charge < -0.3 is 9.84 Å². The summed E-state index contributed by atoms with van der Waals surface area (Å²) in [6.07, 6.45) is 5.53. The fourth-order valence-corrected chi connectivity index (χ4v) is 2.86. The van der Waals surface area contributed by atoms with E-state index in [0.29, 0.717) is 12.0 Å². The van der Waals surface area contributed by atoms with E-state index in [1.54, 1.807) is 0 Å². The summed E-state index contributed by atoms with van der Waals surface area (Å²) in [5.74, 6) is 0. The van der Waals surface area contributed by atoms with Crippen molar-refractivity contribution in [3.63, 3.8) is 0 Å². The van der Waals surface area contributed by atoms with Crippen molar-refractivity contribution in [1.82, 2.24) is 0 Å². The number of hydrogen-bond acceptors (Lipinski definition) is 2. The van der Waals surface area contributed by atoms with Gasteiger partial charge in [0.2, 0.25) is 0 Å². The maximum atomic E-state index is 10.5.